The number of carbonyl (C=O) groups is 1. The molecule has 0 bridgehead atoms. The Balaban J connectivity index is 1.68. The number of guanidine groups is 1. The molecule has 2 aliphatic rings. The van der Waals surface area contributed by atoms with Crippen LogP contribution in [0.3, 0.4) is 0 Å². The summed E-state index contributed by atoms with van der Waals surface area (Å²) in [6.45, 7) is 9.65. The Bertz CT molecular complexity index is 1280. The average molecular weight is 422 g/mol. The van der Waals surface area contributed by atoms with Crippen molar-refractivity contribution in [3.05, 3.63) is 95.3 Å². The molecule has 1 spiro atoms. The van der Waals surface area contributed by atoms with Gasteiger partial charge in [0.15, 0.2) is 17.2 Å². The van der Waals surface area contributed by atoms with E-state index in [1.807, 2.05) is 73.7 Å². The quantitative estimate of drug-likeness (QED) is 0.616. The number of ether oxygens (including phenoxy) is 1. The number of nitrogens with zero attached hydrogens (tertiary/aromatic N) is 3. The van der Waals surface area contributed by atoms with Crippen molar-refractivity contribution in [2.45, 2.75) is 25.0 Å². The molecule has 3 aromatic carbocycles. The van der Waals surface area contributed by atoms with Gasteiger partial charge < -0.3 is 10.5 Å². The normalized spacial score (nSPS) is 21.6. The Morgan fingerprint density at radius 1 is 1.12 bits per heavy atom. The van der Waals surface area contributed by atoms with E-state index in [1.165, 1.54) is 4.90 Å². The summed E-state index contributed by atoms with van der Waals surface area (Å²) in [5.41, 5.74) is 9.11. The number of carbonyl (C=O) groups excluding carboxylic acids is 1. The molecule has 0 radical (unpaired) electrons. The highest BCUT2D eigenvalue weighted by Crippen LogP contribution is 2.50. The van der Waals surface area contributed by atoms with Crippen LogP contribution >= 0.6 is 0 Å². The van der Waals surface area contributed by atoms with Crippen molar-refractivity contribution in [3.8, 4) is 16.9 Å². The van der Waals surface area contributed by atoms with Gasteiger partial charge in [0.05, 0.1) is 6.57 Å². The minimum absolute atomic E-state index is 0.130. The molecule has 0 saturated carbocycles. The maximum Gasteiger partial charge on any atom is 0.262 e. The Kier molecular flexibility index (Phi) is 4.67. The van der Waals surface area contributed by atoms with Crippen LogP contribution in [0.5, 0.6) is 5.75 Å². The van der Waals surface area contributed by atoms with Gasteiger partial charge in [-0.15, -0.1) is 0 Å². The predicted molar refractivity (Wildman–Crippen MR) is 123 cm³/mol. The first-order valence-electron chi connectivity index (χ1n) is 10.6. The van der Waals surface area contributed by atoms with E-state index in [2.05, 4.69) is 4.85 Å². The van der Waals surface area contributed by atoms with E-state index in [9.17, 15) is 4.79 Å². The largest absolute Gasteiger partial charge is 0.485 e. The molecule has 0 aliphatic carbocycles. The highest BCUT2D eigenvalue weighted by Gasteiger charge is 2.54. The highest BCUT2D eigenvalue weighted by molar-refractivity contribution is 6.07. The summed E-state index contributed by atoms with van der Waals surface area (Å²) < 4.78 is 6.36. The van der Waals surface area contributed by atoms with E-state index in [0.717, 1.165) is 16.7 Å². The third-order valence-electron chi connectivity index (χ3n) is 6.15. The summed E-state index contributed by atoms with van der Waals surface area (Å²) in [7, 11) is 0. The number of nitrogens with two attached hydrogens (primary N) is 1. The van der Waals surface area contributed by atoms with Gasteiger partial charge in [0.1, 0.15) is 11.9 Å². The predicted octanol–water partition coefficient (Wildman–Crippen LogP) is 4.80. The summed E-state index contributed by atoms with van der Waals surface area (Å²) in [4.78, 5) is 23.4. The molecular weight excluding hydrogens is 400 g/mol. The lowest BCUT2D eigenvalue weighted by molar-refractivity contribution is -0.133. The zero-order valence-corrected chi connectivity index (χ0v) is 17.7. The van der Waals surface area contributed by atoms with E-state index >= 15 is 0 Å². The smallest absolute Gasteiger partial charge is 0.262 e. The summed E-state index contributed by atoms with van der Waals surface area (Å²) in [5.74, 6) is 0.727. The molecule has 5 rings (SSSR count). The summed E-state index contributed by atoms with van der Waals surface area (Å²) in [6.07, 6.45) is 0.0447. The van der Waals surface area contributed by atoms with Gasteiger partial charge in [-0.3, -0.25) is 9.69 Å². The van der Waals surface area contributed by atoms with Crippen molar-refractivity contribution in [1.82, 2.24) is 4.90 Å². The van der Waals surface area contributed by atoms with E-state index in [4.69, 9.17) is 22.0 Å². The van der Waals surface area contributed by atoms with Crippen LogP contribution in [0.2, 0.25) is 0 Å². The SMILES string of the molecule is [C-]#[N+]c1cccc(-c2ccc3c(c2)C2(CC(c4ccccc4)O3)N=C(N)N(CC)C2=O)c1. The van der Waals surface area contributed by atoms with Crippen molar-refractivity contribution in [3.63, 3.8) is 0 Å². The van der Waals surface area contributed by atoms with Gasteiger partial charge in [0, 0.05) is 18.5 Å². The lowest BCUT2D eigenvalue weighted by atomic mass is 9.79. The van der Waals surface area contributed by atoms with Crippen LogP contribution in [0, 0.1) is 6.57 Å². The summed E-state index contributed by atoms with van der Waals surface area (Å²) in [6, 6.07) is 23.1. The number of aliphatic imine (C=N–C) groups is 1. The number of fused-ring (bicyclic) bond motifs is 2. The molecule has 32 heavy (non-hydrogen) atoms. The van der Waals surface area contributed by atoms with Gasteiger partial charge in [-0.25, -0.2) is 9.84 Å². The van der Waals surface area contributed by atoms with Crippen LogP contribution in [0.25, 0.3) is 16.0 Å². The zero-order chi connectivity index (χ0) is 22.3. The maximum absolute atomic E-state index is 13.6. The van der Waals surface area contributed by atoms with E-state index < -0.39 is 5.54 Å². The molecule has 0 fully saturated rings. The molecule has 0 aromatic heterocycles. The molecule has 2 heterocycles. The molecule has 2 unspecified atom stereocenters. The van der Waals surface area contributed by atoms with Gasteiger partial charge in [-0.05, 0) is 41.8 Å². The first-order chi connectivity index (χ1) is 15.6. The topological polar surface area (TPSA) is 72.3 Å². The van der Waals surface area contributed by atoms with Crippen LogP contribution in [0.1, 0.15) is 30.6 Å². The van der Waals surface area contributed by atoms with Crippen LogP contribution in [-0.4, -0.2) is 23.3 Å². The summed E-state index contributed by atoms with van der Waals surface area (Å²) in [5, 5.41) is 0. The third kappa shape index (κ3) is 3.02. The fourth-order valence-electron chi connectivity index (χ4n) is 4.56. The minimum atomic E-state index is -1.14. The number of hydrogen-bond acceptors (Lipinski definition) is 4. The van der Waals surface area contributed by atoms with Gasteiger partial charge in [0.25, 0.3) is 5.91 Å². The van der Waals surface area contributed by atoms with Crippen LogP contribution < -0.4 is 10.5 Å². The monoisotopic (exact) mass is 422 g/mol. The second-order valence-corrected chi connectivity index (χ2v) is 7.97. The zero-order valence-electron chi connectivity index (χ0n) is 17.7. The fraction of sp³-hybridized carbons (Fsp3) is 0.192. The number of benzene rings is 3. The number of amides is 1. The average Bonchev–Trinajstić information content (AvgIpc) is 3.08. The molecule has 0 saturated heterocycles. The first kappa shape index (κ1) is 19.8. The molecule has 2 atom stereocenters. The highest BCUT2D eigenvalue weighted by atomic mass is 16.5. The second kappa shape index (κ2) is 7.54. The van der Waals surface area contributed by atoms with Crippen molar-refractivity contribution < 1.29 is 9.53 Å². The van der Waals surface area contributed by atoms with Crippen LogP contribution in [-0.2, 0) is 10.3 Å². The molecule has 158 valence electrons. The molecule has 2 N–H and O–H groups in total. The Hall–Kier alpha value is -4.11. The first-order valence-corrected chi connectivity index (χ1v) is 10.6. The molecular formula is C26H22N4O2. The lowest BCUT2D eigenvalue weighted by Gasteiger charge is -2.37. The van der Waals surface area contributed by atoms with Gasteiger partial charge in [-0.1, -0.05) is 54.6 Å². The number of likely N-dealkylation sites (N-methyl/N-ethyl adjacent to an activating group) is 1. The Labute approximate surface area is 186 Å². The molecule has 6 heteroatoms. The summed E-state index contributed by atoms with van der Waals surface area (Å²) >= 11 is 0. The molecule has 6 nitrogen and oxygen atoms in total. The number of hydrogen-bond donors (Lipinski definition) is 1. The molecule has 3 aromatic rings. The third-order valence-corrected chi connectivity index (χ3v) is 6.15. The van der Waals surface area contributed by atoms with Crippen molar-refractivity contribution in [2.24, 2.45) is 10.7 Å². The van der Waals surface area contributed by atoms with E-state index in [-0.39, 0.29) is 18.0 Å². The van der Waals surface area contributed by atoms with Crippen LogP contribution in [0.4, 0.5) is 5.69 Å². The standard InChI is InChI=1S/C26H22N4O2/c1-3-30-24(31)26(29-25(30)27)16-23(17-8-5-4-6-9-17)32-22-13-12-19(15-21(22)26)18-10-7-11-20(14-18)28-2/h4-15,23H,3,16H2,1H3,(H2,27,29). The van der Waals surface area contributed by atoms with Crippen LogP contribution in [0.15, 0.2) is 77.8 Å². The van der Waals surface area contributed by atoms with E-state index in [0.29, 0.717) is 30.0 Å². The number of rotatable bonds is 3. The van der Waals surface area contributed by atoms with Gasteiger partial charge in [0.2, 0.25) is 0 Å². The molecule has 2 aliphatic heterocycles. The Morgan fingerprint density at radius 2 is 1.91 bits per heavy atom. The fourth-order valence-corrected chi connectivity index (χ4v) is 4.56. The van der Waals surface area contributed by atoms with Crippen molar-refractivity contribution in [1.29, 1.82) is 0 Å². The van der Waals surface area contributed by atoms with E-state index in [1.54, 1.807) is 6.07 Å². The van der Waals surface area contributed by atoms with Crippen molar-refractivity contribution >= 4 is 17.6 Å². The maximum atomic E-state index is 13.6. The van der Waals surface area contributed by atoms with Crippen molar-refractivity contribution in [2.75, 3.05) is 6.54 Å². The lowest BCUT2D eigenvalue weighted by Crippen LogP contribution is -2.45. The minimum Gasteiger partial charge on any atom is -0.485 e. The molecule has 1 amide bonds. The van der Waals surface area contributed by atoms with Gasteiger partial charge >= 0.3 is 0 Å². The second-order valence-electron chi connectivity index (χ2n) is 7.97. The Morgan fingerprint density at radius 3 is 2.62 bits per heavy atom. The van der Waals surface area contributed by atoms with Gasteiger partial charge in [-0.2, -0.15) is 0 Å².